The molecule has 0 amide bonds. The highest BCUT2D eigenvalue weighted by molar-refractivity contribution is 4.91. The molecule has 0 atom stereocenters. The molecule has 0 aromatic rings. The van der Waals surface area contributed by atoms with Gasteiger partial charge in [0.05, 0.1) is 11.5 Å². The molecule has 0 radical (unpaired) electrons. The van der Waals surface area contributed by atoms with Crippen molar-refractivity contribution in [3.8, 4) is 6.07 Å². The van der Waals surface area contributed by atoms with Crippen LogP contribution < -0.4 is 0 Å². The normalized spacial score (nSPS) is 11.0. The molecule has 0 aliphatic heterocycles. The number of hydrogen-bond acceptors (Lipinski definition) is 1. The van der Waals surface area contributed by atoms with Crippen molar-refractivity contribution in [1.29, 1.82) is 5.26 Å². The molecule has 10 heavy (non-hydrogen) atoms. The smallest absolute Gasteiger partial charge is 0.0683 e. The lowest BCUT2D eigenvalue weighted by molar-refractivity contribution is 0.425. The van der Waals surface area contributed by atoms with E-state index in [2.05, 4.69) is 13.0 Å². The van der Waals surface area contributed by atoms with Gasteiger partial charge in [-0.05, 0) is 20.3 Å². The van der Waals surface area contributed by atoms with Gasteiger partial charge in [0, 0.05) is 0 Å². The van der Waals surface area contributed by atoms with Gasteiger partial charge in [0.25, 0.3) is 0 Å². The molecule has 1 heteroatoms. The van der Waals surface area contributed by atoms with Crippen molar-refractivity contribution in [2.24, 2.45) is 5.41 Å². The molecule has 0 fully saturated rings. The summed E-state index contributed by atoms with van der Waals surface area (Å²) < 4.78 is 0. The largest absolute Gasteiger partial charge is 0.198 e. The minimum absolute atomic E-state index is 0.102. The fourth-order valence-electron chi connectivity index (χ4n) is 0.873. The molecule has 0 bridgehead atoms. The average molecular weight is 139 g/mol. The Labute approximate surface area is 64.1 Å². The van der Waals surface area contributed by atoms with Gasteiger partial charge < -0.3 is 0 Å². The second-order valence-corrected chi connectivity index (χ2v) is 3.45. The van der Waals surface area contributed by atoms with Gasteiger partial charge in [-0.2, -0.15) is 5.26 Å². The summed E-state index contributed by atoms with van der Waals surface area (Å²) in [5, 5.41) is 8.64. The summed E-state index contributed by atoms with van der Waals surface area (Å²) in [6, 6.07) is 2.30. The number of nitriles is 1. The second kappa shape index (κ2) is 4.33. The number of hydrogen-bond donors (Lipinski definition) is 0. The maximum Gasteiger partial charge on any atom is 0.0683 e. The van der Waals surface area contributed by atoms with Crippen LogP contribution in [-0.2, 0) is 0 Å². The predicted octanol–water partition coefficient (Wildman–Crippen LogP) is 3.12. The average Bonchev–Trinajstić information content (AvgIpc) is 1.89. The monoisotopic (exact) mass is 139 g/mol. The van der Waals surface area contributed by atoms with E-state index in [0.29, 0.717) is 0 Å². The van der Waals surface area contributed by atoms with Gasteiger partial charge in [-0.15, -0.1) is 0 Å². The summed E-state index contributed by atoms with van der Waals surface area (Å²) >= 11 is 0. The van der Waals surface area contributed by atoms with Gasteiger partial charge in [0.15, 0.2) is 0 Å². The Kier molecular flexibility index (Phi) is 4.11. The van der Waals surface area contributed by atoms with Crippen LogP contribution >= 0.6 is 0 Å². The second-order valence-electron chi connectivity index (χ2n) is 3.45. The van der Waals surface area contributed by atoms with Crippen LogP contribution in [-0.4, -0.2) is 0 Å². The summed E-state index contributed by atoms with van der Waals surface area (Å²) in [5.41, 5.74) is -0.102. The highest BCUT2D eigenvalue weighted by Gasteiger charge is 2.14. The highest BCUT2D eigenvalue weighted by atomic mass is 14.3. The highest BCUT2D eigenvalue weighted by Crippen LogP contribution is 2.21. The third kappa shape index (κ3) is 4.38. The Morgan fingerprint density at radius 3 is 2.30 bits per heavy atom. The van der Waals surface area contributed by atoms with Crippen LogP contribution in [0.3, 0.4) is 0 Å². The van der Waals surface area contributed by atoms with E-state index in [9.17, 15) is 0 Å². The lowest BCUT2D eigenvalue weighted by Gasteiger charge is -2.13. The Bertz CT molecular complexity index is 119. The van der Waals surface area contributed by atoms with Crippen LogP contribution in [0.15, 0.2) is 0 Å². The third-order valence-electron chi connectivity index (χ3n) is 1.71. The van der Waals surface area contributed by atoms with Crippen molar-refractivity contribution in [2.45, 2.75) is 46.5 Å². The van der Waals surface area contributed by atoms with E-state index < -0.39 is 0 Å². The zero-order chi connectivity index (χ0) is 8.04. The summed E-state index contributed by atoms with van der Waals surface area (Å²) in [5.74, 6) is 0. The zero-order valence-corrected chi connectivity index (χ0v) is 7.28. The van der Waals surface area contributed by atoms with Crippen molar-refractivity contribution >= 4 is 0 Å². The quantitative estimate of drug-likeness (QED) is 0.549. The summed E-state index contributed by atoms with van der Waals surface area (Å²) in [6.07, 6.45) is 4.72. The van der Waals surface area contributed by atoms with Crippen molar-refractivity contribution in [3.63, 3.8) is 0 Å². The minimum atomic E-state index is -0.102. The summed E-state index contributed by atoms with van der Waals surface area (Å²) in [6.45, 7) is 6.19. The van der Waals surface area contributed by atoms with Crippen molar-refractivity contribution in [2.75, 3.05) is 0 Å². The SMILES string of the molecule is CCCCCC(C)(C)C#N. The first-order chi connectivity index (χ1) is 4.62. The fraction of sp³-hybridized carbons (Fsp3) is 0.889. The topological polar surface area (TPSA) is 23.8 Å². The van der Waals surface area contributed by atoms with E-state index in [4.69, 9.17) is 5.26 Å². The molecule has 0 aliphatic carbocycles. The minimum Gasteiger partial charge on any atom is -0.198 e. The maximum absolute atomic E-state index is 8.64. The van der Waals surface area contributed by atoms with E-state index in [1.54, 1.807) is 0 Å². The lowest BCUT2D eigenvalue weighted by atomic mass is 9.89. The van der Waals surface area contributed by atoms with E-state index >= 15 is 0 Å². The Balaban J connectivity index is 3.40. The maximum atomic E-state index is 8.64. The molecule has 0 saturated carbocycles. The van der Waals surface area contributed by atoms with Crippen LogP contribution in [0.5, 0.6) is 0 Å². The van der Waals surface area contributed by atoms with Crippen LogP contribution in [0.2, 0.25) is 0 Å². The van der Waals surface area contributed by atoms with Crippen molar-refractivity contribution < 1.29 is 0 Å². The van der Waals surface area contributed by atoms with E-state index in [1.165, 1.54) is 19.3 Å². The van der Waals surface area contributed by atoms with Crippen LogP contribution in [0, 0.1) is 16.7 Å². The molecule has 0 aliphatic rings. The van der Waals surface area contributed by atoms with Crippen LogP contribution in [0.1, 0.15) is 46.5 Å². The summed E-state index contributed by atoms with van der Waals surface area (Å²) in [4.78, 5) is 0. The molecule has 0 saturated heterocycles. The summed E-state index contributed by atoms with van der Waals surface area (Å²) in [7, 11) is 0. The first kappa shape index (κ1) is 9.49. The molecule has 0 spiro atoms. The van der Waals surface area contributed by atoms with E-state index in [0.717, 1.165) is 6.42 Å². The Hall–Kier alpha value is -0.510. The molecule has 0 rings (SSSR count). The Morgan fingerprint density at radius 2 is 1.90 bits per heavy atom. The Morgan fingerprint density at radius 1 is 1.30 bits per heavy atom. The molecule has 0 N–H and O–H groups in total. The van der Waals surface area contributed by atoms with Gasteiger partial charge in [0.1, 0.15) is 0 Å². The first-order valence-corrected chi connectivity index (χ1v) is 4.03. The fourth-order valence-corrected chi connectivity index (χ4v) is 0.873. The lowest BCUT2D eigenvalue weighted by Crippen LogP contribution is -2.06. The molecule has 0 aromatic carbocycles. The third-order valence-corrected chi connectivity index (χ3v) is 1.71. The molecule has 0 unspecified atom stereocenters. The van der Waals surface area contributed by atoms with E-state index in [-0.39, 0.29) is 5.41 Å². The molecular formula is C9H17N. The molecule has 0 aromatic heterocycles. The van der Waals surface area contributed by atoms with Crippen molar-refractivity contribution in [1.82, 2.24) is 0 Å². The van der Waals surface area contributed by atoms with Crippen LogP contribution in [0.25, 0.3) is 0 Å². The van der Waals surface area contributed by atoms with E-state index in [1.807, 2.05) is 13.8 Å². The van der Waals surface area contributed by atoms with Crippen LogP contribution in [0.4, 0.5) is 0 Å². The molecule has 58 valence electrons. The molecule has 0 heterocycles. The number of nitrogens with zero attached hydrogens (tertiary/aromatic N) is 1. The number of rotatable bonds is 4. The van der Waals surface area contributed by atoms with Gasteiger partial charge in [0.2, 0.25) is 0 Å². The van der Waals surface area contributed by atoms with Gasteiger partial charge in [-0.3, -0.25) is 0 Å². The van der Waals surface area contributed by atoms with Gasteiger partial charge >= 0.3 is 0 Å². The molecule has 1 nitrogen and oxygen atoms in total. The number of unbranched alkanes of at least 4 members (excludes halogenated alkanes) is 2. The standard InChI is InChI=1S/C9H17N/c1-4-5-6-7-9(2,3)8-10/h4-7H2,1-3H3. The van der Waals surface area contributed by atoms with Gasteiger partial charge in [-0.1, -0.05) is 26.2 Å². The first-order valence-electron chi connectivity index (χ1n) is 4.03. The van der Waals surface area contributed by atoms with Gasteiger partial charge in [-0.25, -0.2) is 0 Å². The molecular weight excluding hydrogens is 122 g/mol. The van der Waals surface area contributed by atoms with Crippen molar-refractivity contribution in [3.05, 3.63) is 0 Å². The predicted molar refractivity (Wildman–Crippen MR) is 43.5 cm³/mol. The zero-order valence-electron chi connectivity index (χ0n) is 7.28.